The first-order chi connectivity index (χ1) is 13.1. The number of hydrogen-bond acceptors (Lipinski definition) is 6. The molecule has 0 aromatic carbocycles. The van der Waals surface area contributed by atoms with Crippen LogP contribution in [-0.4, -0.2) is 52.1 Å². The molecule has 1 heterocycles. The summed E-state index contributed by atoms with van der Waals surface area (Å²) in [6, 6.07) is 0. The minimum Gasteiger partial charge on any atom is -0.393 e. The predicted molar refractivity (Wildman–Crippen MR) is 105 cm³/mol. The number of nitrogens with one attached hydrogen (secondary N) is 3. The molecular weight excluding hydrogens is 342 g/mol. The van der Waals surface area contributed by atoms with Gasteiger partial charge in [0.05, 0.1) is 36.8 Å². The summed E-state index contributed by atoms with van der Waals surface area (Å²) in [6.45, 7) is 0. The van der Waals surface area contributed by atoms with E-state index in [-0.39, 0.29) is 54.6 Å². The van der Waals surface area contributed by atoms with E-state index >= 15 is 0 Å². The lowest BCUT2D eigenvalue weighted by Crippen LogP contribution is -2.74. The monoisotopic (exact) mass is 381 g/mol. The zero-order valence-corrected chi connectivity index (χ0v) is 16.5. The van der Waals surface area contributed by atoms with Gasteiger partial charge in [0.2, 0.25) is 0 Å². The van der Waals surface area contributed by atoms with Gasteiger partial charge in [-0.25, -0.2) is 0 Å². The van der Waals surface area contributed by atoms with Crippen molar-refractivity contribution in [1.29, 1.82) is 0 Å². The van der Waals surface area contributed by atoms with E-state index < -0.39 is 0 Å². The van der Waals surface area contributed by atoms with Crippen LogP contribution in [0.25, 0.3) is 0 Å². The first-order valence-corrected chi connectivity index (χ1v) is 11.5. The van der Waals surface area contributed by atoms with Gasteiger partial charge in [-0.1, -0.05) is 38.5 Å². The lowest BCUT2D eigenvalue weighted by atomic mass is 9.79. The molecule has 1 saturated heterocycles. The van der Waals surface area contributed by atoms with Crippen LogP contribution in [0.15, 0.2) is 0 Å². The van der Waals surface area contributed by atoms with Crippen LogP contribution in [0.4, 0.5) is 0 Å². The fourth-order valence-corrected chi connectivity index (χ4v) is 6.05. The van der Waals surface area contributed by atoms with Crippen molar-refractivity contribution in [2.75, 3.05) is 0 Å². The zero-order valence-electron chi connectivity index (χ0n) is 16.5. The Labute approximate surface area is 163 Å². The van der Waals surface area contributed by atoms with Gasteiger partial charge in [-0.15, -0.1) is 0 Å². The Kier molecular flexibility index (Phi) is 6.72. The molecule has 4 aliphatic rings. The predicted octanol–water partition coefficient (Wildman–Crippen LogP) is 1.40. The fourth-order valence-electron chi connectivity index (χ4n) is 6.05. The molecule has 3 aliphatic carbocycles. The fraction of sp³-hybridized carbons (Fsp3) is 1.00. The third kappa shape index (κ3) is 4.51. The van der Waals surface area contributed by atoms with Gasteiger partial charge in [0, 0.05) is 17.8 Å². The number of aliphatic hydroxyl groups excluding tert-OH is 3. The average molecular weight is 382 g/mol. The molecule has 156 valence electrons. The van der Waals surface area contributed by atoms with Crippen molar-refractivity contribution in [2.45, 2.75) is 114 Å². The van der Waals surface area contributed by atoms with Gasteiger partial charge in [-0.3, -0.25) is 16.0 Å². The summed E-state index contributed by atoms with van der Waals surface area (Å²) >= 11 is 0. The molecule has 6 N–H and O–H groups in total. The molecule has 0 aromatic heterocycles. The van der Waals surface area contributed by atoms with E-state index in [9.17, 15) is 15.3 Å². The second-order valence-corrected chi connectivity index (χ2v) is 9.48. The summed E-state index contributed by atoms with van der Waals surface area (Å²) in [5, 5.41) is 43.0. The summed E-state index contributed by atoms with van der Waals surface area (Å²) < 4.78 is 0. The summed E-state index contributed by atoms with van der Waals surface area (Å²) in [5.41, 5.74) is 0. The van der Waals surface area contributed by atoms with Crippen LogP contribution >= 0.6 is 0 Å². The first kappa shape index (κ1) is 20.0. The van der Waals surface area contributed by atoms with Crippen molar-refractivity contribution < 1.29 is 15.3 Å². The maximum Gasteiger partial charge on any atom is 0.0649 e. The van der Waals surface area contributed by atoms with Gasteiger partial charge in [-0.05, 0) is 38.5 Å². The Bertz CT molecular complexity index is 407. The Hall–Kier alpha value is -0.240. The van der Waals surface area contributed by atoms with Crippen molar-refractivity contribution in [3.05, 3.63) is 0 Å². The molecule has 6 nitrogen and oxygen atoms in total. The lowest BCUT2D eigenvalue weighted by molar-refractivity contribution is -0.0406. The standard InChI is InChI=1S/C21H39N3O3/c25-16-10-4-1-7-13(16)19-22-20(14-8-2-5-11-17(14)26)24-21(23-19)15-9-3-6-12-18(15)27/h13-27H,1-12H2. The van der Waals surface area contributed by atoms with E-state index in [1.807, 2.05) is 0 Å². The minimum absolute atomic E-state index is 0.0415. The van der Waals surface area contributed by atoms with E-state index in [0.29, 0.717) is 0 Å². The molecule has 0 radical (unpaired) electrons. The number of hydrogen-bond donors (Lipinski definition) is 6. The molecule has 6 atom stereocenters. The Morgan fingerprint density at radius 3 is 0.926 bits per heavy atom. The smallest absolute Gasteiger partial charge is 0.0649 e. The first-order valence-electron chi connectivity index (χ1n) is 11.5. The van der Waals surface area contributed by atoms with E-state index in [1.54, 1.807) is 0 Å². The second kappa shape index (κ2) is 9.06. The molecule has 27 heavy (non-hydrogen) atoms. The van der Waals surface area contributed by atoms with Crippen LogP contribution in [0.3, 0.4) is 0 Å². The SMILES string of the molecule is OC1CCCCC1C1NC(C2CCCCC2O)NC(C2CCCCC2O)N1. The van der Waals surface area contributed by atoms with Crippen LogP contribution < -0.4 is 16.0 Å². The molecule has 4 fully saturated rings. The van der Waals surface area contributed by atoms with Crippen LogP contribution in [0.5, 0.6) is 0 Å². The highest BCUT2D eigenvalue weighted by Crippen LogP contribution is 2.34. The number of rotatable bonds is 3. The van der Waals surface area contributed by atoms with Crippen molar-refractivity contribution >= 4 is 0 Å². The van der Waals surface area contributed by atoms with Crippen molar-refractivity contribution in [2.24, 2.45) is 17.8 Å². The maximum absolute atomic E-state index is 10.6. The van der Waals surface area contributed by atoms with Crippen LogP contribution in [0, 0.1) is 17.8 Å². The van der Waals surface area contributed by atoms with Gasteiger partial charge < -0.3 is 15.3 Å². The molecule has 0 aromatic rings. The van der Waals surface area contributed by atoms with Gasteiger partial charge in [0.15, 0.2) is 0 Å². The summed E-state index contributed by atoms with van der Waals surface area (Å²) in [7, 11) is 0. The van der Waals surface area contributed by atoms with E-state index in [1.165, 1.54) is 19.3 Å². The highest BCUT2D eigenvalue weighted by atomic mass is 16.3. The van der Waals surface area contributed by atoms with Crippen LogP contribution in [0.1, 0.15) is 77.0 Å². The maximum atomic E-state index is 10.6. The average Bonchev–Trinajstić information content (AvgIpc) is 2.69. The second-order valence-electron chi connectivity index (χ2n) is 9.48. The molecule has 0 bridgehead atoms. The third-order valence-corrected chi connectivity index (χ3v) is 7.71. The molecular formula is C21H39N3O3. The minimum atomic E-state index is -0.268. The lowest BCUT2D eigenvalue weighted by Gasteiger charge is -2.50. The van der Waals surface area contributed by atoms with Crippen LogP contribution in [0.2, 0.25) is 0 Å². The summed E-state index contributed by atoms with van der Waals surface area (Å²) in [4.78, 5) is 0. The van der Waals surface area contributed by atoms with Crippen molar-refractivity contribution in [3.8, 4) is 0 Å². The van der Waals surface area contributed by atoms with E-state index in [0.717, 1.165) is 57.8 Å². The van der Waals surface area contributed by atoms with Gasteiger partial charge in [0.1, 0.15) is 0 Å². The largest absolute Gasteiger partial charge is 0.393 e. The molecule has 6 unspecified atom stereocenters. The van der Waals surface area contributed by atoms with Crippen LogP contribution in [-0.2, 0) is 0 Å². The highest BCUT2D eigenvalue weighted by Gasteiger charge is 2.43. The highest BCUT2D eigenvalue weighted by molar-refractivity contribution is 4.98. The Morgan fingerprint density at radius 1 is 0.407 bits per heavy atom. The van der Waals surface area contributed by atoms with Gasteiger partial charge in [-0.2, -0.15) is 0 Å². The normalized spacial score (nSPS) is 49.7. The van der Waals surface area contributed by atoms with E-state index in [4.69, 9.17) is 0 Å². The molecule has 4 rings (SSSR count). The zero-order chi connectivity index (χ0) is 18.8. The van der Waals surface area contributed by atoms with E-state index in [2.05, 4.69) is 16.0 Å². The topological polar surface area (TPSA) is 96.8 Å². The molecule has 3 saturated carbocycles. The molecule has 0 amide bonds. The Morgan fingerprint density at radius 2 is 0.667 bits per heavy atom. The quantitative estimate of drug-likeness (QED) is 0.442. The number of aliphatic hydroxyl groups is 3. The Balaban J connectivity index is 1.52. The molecule has 0 spiro atoms. The van der Waals surface area contributed by atoms with Gasteiger partial charge in [0.25, 0.3) is 0 Å². The van der Waals surface area contributed by atoms with Crippen molar-refractivity contribution in [3.63, 3.8) is 0 Å². The summed E-state index contributed by atoms with van der Waals surface area (Å²) in [6.07, 6.45) is 11.9. The molecule has 6 heteroatoms. The van der Waals surface area contributed by atoms with Crippen molar-refractivity contribution in [1.82, 2.24) is 16.0 Å². The van der Waals surface area contributed by atoms with Gasteiger partial charge >= 0.3 is 0 Å². The third-order valence-electron chi connectivity index (χ3n) is 7.71. The summed E-state index contributed by atoms with van der Waals surface area (Å²) in [5.74, 6) is 0.604. The molecule has 1 aliphatic heterocycles.